The minimum absolute atomic E-state index is 0.0889. The van der Waals surface area contributed by atoms with Gasteiger partial charge in [0.1, 0.15) is 0 Å². The van der Waals surface area contributed by atoms with E-state index in [0.717, 1.165) is 51.4 Å². The van der Waals surface area contributed by atoms with Gasteiger partial charge in [-0.2, -0.15) is 0 Å². The van der Waals surface area contributed by atoms with Gasteiger partial charge in [-0.15, -0.1) is 0 Å². The Bertz CT molecular complexity index is 739. The number of nitrogens with two attached hydrogens (primary N) is 1. The second kappa shape index (κ2) is 34.1. The highest BCUT2D eigenvalue weighted by molar-refractivity contribution is 7.47. The van der Waals surface area contributed by atoms with Gasteiger partial charge in [0.2, 0.25) is 5.91 Å². The predicted molar refractivity (Wildman–Crippen MR) is 194 cm³/mol. The molecule has 0 aromatic heterocycles. The van der Waals surface area contributed by atoms with Gasteiger partial charge >= 0.3 is 7.82 Å². The Morgan fingerprint density at radius 1 is 0.696 bits per heavy atom. The molecule has 0 heterocycles. The molecule has 0 rings (SSSR count). The first kappa shape index (κ1) is 45.2. The fourth-order valence-electron chi connectivity index (χ4n) is 5.66. The van der Waals surface area contributed by atoms with Crippen LogP contribution in [0.4, 0.5) is 0 Å². The maximum absolute atomic E-state index is 12.7. The SMILES string of the molecule is CCCCC/C=C\CCCCCCCC(=O)NC(COP(=O)(O)OCCN)C(O)CCCCCCCCCCCCCCCCC. The average Bonchev–Trinajstić information content (AvgIpc) is 3.04. The summed E-state index contributed by atoms with van der Waals surface area (Å²) in [6, 6.07) is -0.773. The third-order valence-corrected chi connectivity index (χ3v) is 9.60. The smallest absolute Gasteiger partial charge is 0.391 e. The molecule has 0 radical (unpaired) electrons. The predicted octanol–water partition coefficient (Wildman–Crippen LogP) is 10.1. The van der Waals surface area contributed by atoms with Gasteiger partial charge in [-0.3, -0.25) is 13.8 Å². The lowest BCUT2D eigenvalue weighted by atomic mass is 10.0. The number of phosphoric ester groups is 1. The third kappa shape index (κ3) is 31.8. The van der Waals surface area contributed by atoms with E-state index < -0.39 is 20.0 Å². The van der Waals surface area contributed by atoms with Gasteiger partial charge in [-0.1, -0.05) is 154 Å². The molecule has 0 aromatic carbocycles. The molecule has 0 aliphatic rings. The standard InChI is InChI=1S/C37H75N2O6P/c1-3-5-7-9-11-13-15-17-18-19-20-22-24-26-28-30-36(40)35(34-45-46(42,43)44-33-32-38)39-37(41)31-29-27-25-23-21-16-14-12-10-8-6-4-2/h12,14,35-36,40H,3-11,13,15-34,38H2,1-2H3,(H,39,41)(H,42,43)/b14-12-. The Hall–Kier alpha value is -0.760. The highest BCUT2D eigenvalue weighted by atomic mass is 31.2. The van der Waals surface area contributed by atoms with Crippen LogP contribution in [-0.4, -0.2) is 47.8 Å². The van der Waals surface area contributed by atoms with Crippen LogP contribution in [0.1, 0.15) is 187 Å². The number of hydrogen-bond acceptors (Lipinski definition) is 6. The van der Waals surface area contributed by atoms with Crippen LogP contribution >= 0.6 is 7.82 Å². The number of allylic oxidation sites excluding steroid dienone is 2. The molecule has 0 saturated heterocycles. The van der Waals surface area contributed by atoms with Crippen LogP contribution in [0.5, 0.6) is 0 Å². The van der Waals surface area contributed by atoms with Crippen LogP contribution in [0.15, 0.2) is 12.2 Å². The molecule has 0 aromatic rings. The zero-order chi connectivity index (χ0) is 34.0. The van der Waals surface area contributed by atoms with E-state index in [9.17, 15) is 19.4 Å². The number of carbonyl (C=O) groups excluding carboxylic acids is 1. The lowest BCUT2D eigenvalue weighted by molar-refractivity contribution is -0.123. The molecule has 0 bridgehead atoms. The van der Waals surface area contributed by atoms with Crippen LogP contribution in [0.25, 0.3) is 0 Å². The zero-order valence-corrected chi connectivity index (χ0v) is 31.0. The fourth-order valence-corrected chi connectivity index (χ4v) is 6.42. The van der Waals surface area contributed by atoms with Gasteiger partial charge in [0.05, 0.1) is 25.4 Å². The van der Waals surface area contributed by atoms with Crippen molar-refractivity contribution in [1.82, 2.24) is 5.32 Å². The van der Waals surface area contributed by atoms with E-state index in [1.807, 2.05) is 0 Å². The Morgan fingerprint density at radius 3 is 1.65 bits per heavy atom. The third-order valence-electron chi connectivity index (χ3n) is 8.62. The Labute approximate surface area is 284 Å². The summed E-state index contributed by atoms with van der Waals surface area (Å²) in [6.45, 7) is 4.17. The van der Waals surface area contributed by atoms with Crippen molar-refractivity contribution in [3.63, 3.8) is 0 Å². The molecule has 9 heteroatoms. The van der Waals surface area contributed by atoms with E-state index in [1.54, 1.807) is 0 Å². The first-order valence-electron chi connectivity index (χ1n) is 19.3. The quantitative estimate of drug-likeness (QED) is 0.0295. The van der Waals surface area contributed by atoms with Crippen LogP contribution in [0.2, 0.25) is 0 Å². The average molecular weight is 675 g/mol. The van der Waals surface area contributed by atoms with Crippen molar-refractivity contribution in [1.29, 1.82) is 0 Å². The topological polar surface area (TPSA) is 131 Å². The molecule has 274 valence electrons. The van der Waals surface area contributed by atoms with Crippen molar-refractivity contribution in [3.05, 3.63) is 12.2 Å². The molecule has 0 aliphatic carbocycles. The number of phosphoric acid groups is 1. The molecule has 1 amide bonds. The van der Waals surface area contributed by atoms with Crippen molar-refractivity contribution in [3.8, 4) is 0 Å². The van der Waals surface area contributed by atoms with Crippen molar-refractivity contribution < 1.29 is 28.4 Å². The normalized spacial score (nSPS) is 14.5. The van der Waals surface area contributed by atoms with E-state index in [4.69, 9.17) is 14.8 Å². The summed E-state index contributed by atoms with van der Waals surface area (Å²) in [4.78, 5) is 22.6. The number of rotatable bonds is 36. The van der Waals surface area contributed by atoms with Crippen LogP contribution in [0.3, 0.4) is 0 Å². The molecule has 0 aliphatic heterocycles. The van der Waals surface area contributed by atoms with Crippen molar-refractivity contribution in [2.45, 2.75) is 199 Å². The van der Waals surface area contributed by atoms with E-state index in [1.165, 1.54) is 109 Å². The molecule has 3 unspecified atom stereocenters. The van der Waals surface area contributed by atoms with Crippen molar-refractivity contribution in [2.24, 2.45) is 5.73 Å². The molecule has 46 heavy (non-hydrogen) atoms. The maximum Gasteiger partial charge on any atom is 0.472 e. The van der Waals surface area contributed by atoms with Crippen LogP contribution in [0, 0.1) is 0 Å². The van der Waals surface area contributed by atoms with Gasteiger partial charge in [0.15, 0.2) is 0 Å². The summed E-state index contributed by atoms with van der Waals surface area (Å²) in [7, 11) is -4.31. The number of aliphatic hydroxyl groups is 1. The summed E-state index contributed by atoms with van der Waals surface area (Å²) < 4.78 is 22.1. The monoisotopic (exact) mass is 675 g/mol. The maximum atomic E-state index is 12.7. The Kier molecular flexibility index (Phi) is 33.6. The summed E-state index contributed by atoms with van der Waals surface area (Å²) in [5, 5.41) is 13.7. The molecule has 3 atom stereocenters. The highest BCUT2D eigenvalue weighted by Gasteiger charge is 2.27. The number of aliphatic hydroxyl groups excluding tert-OH is 1. The highest BCUT2D eigenvalue weighted by Crippen LogP contribution is 2.43. The first-order chi connectivity index (χ1) is 22.4. The summed E-state index contributed by atoms with van der Waals surface area (Å²) >= 11 is 0. The van der Waals surface area contributed by atoms with Gasteiger partial charge in [0, 0.05) is 13.0 Å². The molecule has 0 fully saturated rings. The van der Waals surface area contributed by atoms with Gasteiger partial charge < -0.3 is 21.1 Å². The van der Waals surface area contributed by atoms with E-state index in [2.05, 4.69) is 31.3 Å². The Balaban J connectivity index is 4.24. The minimum Gasteiger partial charge on any atom is -0.391 e. The number of unbranched alkanes of at least 4 members (excludes halogenated alkanes) is 22. The lowest BCUT2D eigenvalue weighted by Gasteiger charge is -2.25. The molecule has 5 N–H and O–H groups in total. The molecule has 8 nitrogen and oxygen atoms in total. The number of nitrogens with one attached hydrogen (secondary N) is 1. The van der Waals surface area contributed by atoms with E-state index in [-0.39, 0.29) is 25.7 Å². The van der Waals surface area contributed by atoms with Gasteiger partial charge in [-0.25, -0.2) is 4.57 Å². The minimum atomic E-state index is -4.31. The molecular weight excluding hydrogens is 599 g/mol. The number of carbonyl (C=O) groups is 1. The first-order valence-corrected chi connectivity index (χ1v) is 20.8. The summed E-state index contributed by atoms with van der Waals surface area (Å²) in [5.74, 6) is -0.171. The van der Waals surface area contributed by atoms with E-state index in [0.29, 0.717) is 12.8 Å². The Morgan fingerprint density at radius 2 is 1.13 bits per heavy atom. The summed E-state index contributed by atoms with van der Waals surface area (Å²) in [5.41, 5.74) is 5.36. The van der Waals surface area contributed by atoms with Crippen molar-refractivity contribution in [2.75, 3.05) is 19.8 Å². The van der Waals surface area contributed by atoms with Crippen LogP contribution < -0.4 is 11.1 Å². The molecular formula is C37H75N2O6P. The molecule has 0 spiro atoms. The van der Waals surface area contributed by atoms with E-state index >= 15 is 0 Å². The second-order valence-corrected chi connectivity index (χ2v) is 14.6. The largest absolute Gasteiger partial charge is 0.472 e. The fraction of sp³-hybridized carbons (Fsp3) is 0.919. The zero-order valence-electron chi connectivity index (χ0n) is 30.1. The number of amides is 1. The summed E-state index contributed by atoms with van der Waals surface area (Å²) in [6.07, 6.45) is 35.0. The van der Waals surface area contributed by atoms with Gasteiger partial charge in [0.25, 0.3) is 0 Å². The number of hydrogen-bond donors (Lipinski definition) is 4. The molecule has 0 saturated carbocycles. The van der Waals surface area contributed by atoms with Gasteiger partial charge in [-0.05, 0) is 38.5 Å². The second-order valence-electron chi connectivity index (χ2n) is 13.1. The van der Waals surface area contributed by atoms with Crippen LogP contribution in [-0.2, 0) is 18.4 Å². The van der Waals surface area contributed by atoms with Crippen molar-refractivity contribution >= 4 is 13.7 Å². The lowest BCUT2D eigenvalue weighted by Crippen LogP contribution is -2.46.